The number of hydrogen-bond acceptors (Lipinski definition) is 5. The van der Waals surface area contributed by atoms with Gasteiger partial charge in [0.1, 0.15) is 6.10 Å². The van der Waals surface area contributed by atoms with Crippen LogP contribution in [0, 0.1) is 0 Å². The van der Waals surface area contributed by atoms with Gasteiger partial charge < -0.3 is 21.9 Å². The number of hydrogen-bond donors (Lipinski definition) is 4. The second kappa shape index (κ2) is 5.30. The normalized spacial score (nSPS) is 12.1. The summed E-state index contributed by atoms with van der Waals surface area (Å²) in [4.78, 5) is 22.1. The van der Waals surface area contributed by atoms with E-state index in [1.165, 1.54) is 10.9 Å². The molecule has 1 heterocycles. The minimum absolute atomic E-state index is 0.0588. The number of nitrogen functional groups attached to an aromatic ring is 1. The van der Waals surface area contributed by atoms with E-state index < -0.39 is 17.9 Å². The smallest absolute Gasteiger partial charge is 0.274 e. The zero-order chi connectivity index (χ0) is 13.0. The summed E-state index contributed by atoms with van der Waals surface area (Å²) < 4.78 is 1.51. The van der Waals surface area contributed by atoms with E-state index in [2.05, 4.69) is 10.4 Å². The number of carbonyl (C=O) groups excluding carboxylic acids is 2. The summed E-state index contributed by atoms with van der Waals surface area (Å²) in [6.45, 7) is 2.17. The Balaban J connectivity index is 2.63. The molecule has 0 aliphatic rings. The molecule has 8 nitrogen and oxygen atoms in total. The average Bonchev–Trinajstić information content (AvgIpc) is 2.66. The number of nitrogens with one attached hydrogen (secondary N) is 1. The number of carbonyl (C=O) groups is 2. The van der Waals surface area contributed by atoms with Gasteiger partial charge in [-0.25, -0.2) is 0 Å². The minimum Gasteiger partial charge on any atom is -0.396 e. The highest BCUT2D eigenvalue weighted by atomic mass is 16.3. The van der Waals surface area contributed by atoms with Crippen LogP contribution in [-0.2, 0) is 11.3 Å². The molecule has 0 aliphatic carbocycles. The number of nitrogens with zero attached hydrogens (tertiary/aromatic N) is 2. The van der Waals surface area contributed by atoms with Crippen molar-refractivity contribution in [2.24, 2.45) is 5.73 Å². The molecule has 0 saturated heterocycles. The maximum absolute atomic E-state index is 11.6. The van der Waals surface area contributed by atoms with Crippen molar-refractivity contribution in [2.75, 3.05) is 12.3 Å². The van der Waals surface area contributed by atoms with Crippen LogP contribution in [0.4, 0.5) is 5.69 Å². The number of aromatic nitrogens is 2. The molecular weight excluding hydrogens is 226 g/mol. The van der Waals surface area contributed by atoms with Gasteiger partial charge in [-0.05, 0) is 6.92 Å². The zero-order valence-electron chi connectivity index (χ0n) is 9.38. The molecule has 1 atom stereocenters. The van der Waals surface area contributed by atoms with Crippen molar-refractivity contribution in [1.82, 2.24) is 15.1 Å². The van der Waals surface area contributed by atoms with Crippen LogP contribution in [0.3, 0.4) is 0 Å². The molecule has 17 heavy (non-hydrogen) atoms. The lowest BCUT2D eigenvalue weighted by molar-refractivity contribution is -0.125. The number of aliphatic hydroxyl groups excluding tert-OH is 1. The quantitative estimate of drug-likeness (QED) is 0.475. The van der Waals surface area contributed by atoms with Gasteiger partial charge in [0.15, 0.2) is 5.69 Å². The number of primary amides is 1. The van der Waals surface area contributed by atoms with Gasteiger partial charge in [0.25, 0.3) is 5.91 Å². The Morgan fingerprint density at radius 3 is 2.76 bits per heavy atom. The molecule has 0 fully saturated rings. The second-order valence-corrected chi connectivity index (χ2v) is 3.42. The van der Waals surface area contributed by atoms with Gasteiger partial charge in [-0.3, -0.25) is 14.3 Å². The molecule has 1 unspecified atom stereocenters. The van der Waals surface area contributed by atoms with Crippen LogP contribution in [0.2, 0.25) is 0 Å². The van der Waals surface area contributed by atoms with E-state index in [9.17, 15) is 9.59 Å². The summed E-state index contributed by atoms with van der Waals surface area (Å²) in [5.41, 5.74) is 10.7. The Morgan fingerprint density at radius 1 is 1.65 bits per heavy atom. The SMILES string of the molecule is CCn1cc(N)c(C(=O)NCC(O)C(N)=O)n1. The number of aryl methyl sites for hydroxylation is 1. The fourth-order valence-electron chi connectivity index (χ4n) is 1.15. The van der Waals surface area contributed by atoms with E-state index in [-0.39, 0.29) is 17.9 Å². The monoisotopic (exact) mass is 241 g/mol. The first-order valence-corrected chi connectivity index (χ1v) is 5.04. The second-order valence-electron chi connectivity index (χ2n) is 3.42. The lowest BCUT2D eigenvalue weighted by Crippen LogP contribution is -2.40. The van der Waals surface area contributed by atoms with Gasteiger partial charge in [0.2, 0.25) is 5.91 Å². The number of aliphatic hydroxyl groups is 1. The molecule has 1 rings (SSSR count). The van der Waals surface area contributed by atoms with Crippen LogP contribution in [0.25, 0.3) is 0 Å². The lowest BCUT2D eigenvalue weighted by atomic mass is 10.3. The third-order valence-corrected chi connectivity index (χ3v) is 2.11. The van der Waals surface area contributed by atoms with Gasteiger partial charge in [0.05, 0.1) is 12.2 Å². The Kier molecular flexibility index (Phi) is 4.05. The van der Waals surface area contributed by atoms with Gasteiger partial charge in [-0.1, -0.05) is 0 Å². The van der Waals surface area contributed by atoms with Crippen LogP contribution in [0.15, 0.2) is 6.20 Å². The fraction of sp³-hybridized carbons (Fsp3) is 0.444. The topological polar surface area (TPSA) is 136 Å². The summed E-state index contributed by atoms with van der Waals surface area (Å²) in [5.74, 6) is -1.47. The summed E-state index contributed by atoms with van der Waals surface area (Å²) in [7, 11) is 0. The van der Waals surface area contributed by atoms with E-state index in [0.29, 0.717) is 6.54 Å². The van der Waals surface area contributed by atoms with Crippen molar-refractivity contribution >= 4 is 17.5 Å². The molecule has 0 spiro atoms. The Labute approximate surface area is 97.6 Å². The molecule has 1 aromatic heterocycles. The Hall–Kier alpha value is -2.09. The van der Waals surface area contributed by atoms with Crippen molar-refractivity contribution in [3.05, 3.63) is 11.9 Å². The Bertz CT molecular complexity index is 428. The largest absolute Gasteiger partial charge is 0.396 e. The van der Waals surface area contributed by atoms with Crippen LogP contribution in [0.1, 0.15) is 17.4 Å². The van der Waals surface area contributed by atoms with Crippen LogP contribution in [-0.4, -0.2) is 39.4 Å². The summed E-state index contributed by atoms with van der Waals surface area (Å²) >= 11 is 0. The molecule has 1 aromatic rings. The molecule has 0 bridgehead atoms. The van der Waals surface area contributed by atoms with Crippen molar-refractivity contribution < 1.29 is 14.7 Å². The van der Waals surface area contributed by atoms with Crippen molar-refractivity contribution in [2.45, 2.75) is 19.6 Å². The molecule has 0 radical (unpaired) electrons. The molecule has 0 aliphatic heterocycles. The van der Waals surface area contributed by atoms with Crippen molar-refractivity contribution in [3.8, 4) is 0 Å². The van der Waals surface area contributed by atoms with Crippen LogP contribution < -0.4 is 16.8 Å². The maximum Gasteiger partial charge on any atom is 0.274 e. The summed E-state index contributed by atoms with van der Waals surface area (Å²) in [6.07, 6.45) is 0.104. The minimum atomic E-state index is -1.42. The first-order chi connectivity index (χ1) is 7.95. The van der Waals surface area contributed by atoms with E-state index in [1.54, 1.807) is 0 Å². The molecule has 94 valence electrons. The first kappa shape index (κ1) is 13.0. The predicted octanol–water partition coefficient (Wildman–Crippen LogP) is -1.94. The van der Waals surface area contributed by atoms with E-state index >= 15 is 0 Å². The van der Waals surface area contributed by atoms with E-state index in [0.717, 1.165) is 0 Å². The molecule has 2 amide bonds. The third kappa shape index (κ3) is 3.18. The van der Waals surface area contributed by atoms with Gasteiger partial charge in [0, 0.05) is 12.7 Å². The van der Waals surface area contributed by atoms with Gasteiger partial charge >= 0.3 is 0 Å². The molecule has 8 heteroatoms. The van der Waals surface area contributed by atoms with E-state index in [1.807, 2.05) is 6.92 Å². The van der Waals surface area contributed by atoms with Gasteiger partial charge in [-0.2, -0.15) is 5.10 Å². The Morgan fingerprint density at radius 2 is 2.29 bits per heavy atom. The molecule has 0 saturated carbocycles. The highest BCUT2D eigenvalue weighted by Gasteiger charge is 2.17. The number of anilines is 1. The highest BCUT2D eigenvalue weighted by Crippen LogP contribution is 2.08. The number of nitrogens with two attached hydrogens (primary N) is 2. The van der Waals surface area contributed by atoms with Crippen molar-refractivity contribution in [1.29, 1.82) is 0 Å². The van der Waals surface area contributed by atoms with Crippen LogP contribution in [0.5, 0.6) is 0 Å². The molecular formula is C9H15N5O3. The zero-order valence-corrected chi connectivity index (χ0v) is 9.38. The van der Waals surface area contributed by atoms with E-state index in [4.69, 9.17) is 16.6 Å². The van der Waals surface area contributed by atoms with Crippen molar-refractivity contribution in [3.63, 3.8) is 0 Å². The predicted molar refractivity (Wildman–Crippen MR) is 59.8 cm³/mol. The highest BCUT2D eigenvalue weighted by molar-refractivity contribution is 5.97. The van der Waals surface area contributed by atoms with Crippen LogP contribution >= 0.6 is 0 Å². The summed E-state index contributed by atoms with van der Waals surface area (Å²) in [6, 6.07) is 0. The van der Waals surface area contributed by atoms with Gasteiger partial charge in [-0.15, -0.1) is 0 Å². The summed E-state index contributed by atoms with van der Waals surface area (Å²) in [5, 5.41) is 15.3. The standard InChI is InChI=1S/C9H15N5O3/c1-2-14-4-5(10)7(13-14)9(17)12-3-6(15)8(11)16/h4,6,15H,2-3,10H2,1H3,(H2,11,16)(H,12,17). The third-order valence-electron chi connectivity index (χ3n) is 2.11. The lowest BCUT2D eigenvalue weighted by Gasteiger charge is -2.07. The molecule has 0 aromatic carbocycles. The first-order valence-electron chi connectivity index (χ1n) is 5.04. The number of rotatable bonds is 5. The average molecular weight is 241 g/mol. The molecule has 6 N–H and O–H groups in total. The maximum atomic E-state index is 11.6. The number of amides is 2. The fourth-order valence-corrected chi connectivity index (χ4v) is 1.15.